The predicted molar refractivity (Wildman–Crippen MR) is 102 cm³/mol. The van der Waals surface area contributed by atoms with Crippen molar-refractivity contribution in [2.45, 2.75) is 20.3 Å². The normalized spacial score (nSPS) is 12.6. The first kappa shape index (κ1) is 18.7. The van der Waals surface area contributed by atoms with Crippen molar-refractivity contribution < 1.29 is 23.8 Å². The van der Waals surface area contributed by atoms with Crippen molar-refractivity contribution in [2.75, 3.05) is 25.1 Å². The van der Waals surface area contributed by atoms with Gasteiger partial charge in [-0.3, -0.25) is 4.79 Å². The zero-order valence-electron chi connectivity index (χ0n) is 14.4. The van der Waals surface area contributed by atoms with E-state index in [1.54, 1.807) is 13.0 Å². The van der Waals surface area contributed by atoms with E-state index in [2.05, 4.69) is 21.2 Å². The molecule has 0 fully saturated rings. The largest absolute Gasteiger partial charge is 0.486 e. The summed E-state index contributed by atoms with van der Waals surface area (Å²) in [6.45, 7) is 4.89. The number of aryl methyl sites for hydroxylation is 1. The number of ether oxygens (including phenoxy) is 3. The number of anilines is 1. The van der Waals surface area contributed by atoms with Crippen LogP contribution in [0.15, 0.2) is 22.7 Å². The molecule has 2 aromatic rings. The van der Waals surface area contributed by atoms with Crippen molar-refractivity contribution in [1.82, 2.24) is 0 Å². The van der Waals surface area contributed by atoms with Crippen LogP contribution in [0.5, 0.6) is 11.5 Å². The van der Waals surface area contributed by atoms with E-state index < -0.39 is 0 Å². The van der Waals surface area contributed by atoms with E-state index in [1.165, 1.54) is 11.3 Å². The zero-order valence-corrected chi connectivity index (χ0v) is 16.8. The molecule has 1 aromatic heterocycles. The summed E-state index contributed by atoms with van der Waals surface area (Å²) in [5, 5.41) is 3.45. The van der Waals surface area contributed by atoms with Crippen LogP contribution in [0.3, 0.4) is 0 Å². The van der Waals surface area contributed by atoms with Gasteiger partial charge in [0, 0.05) is 4.47 Å². The Hall–Kier alpha value is -2.06. The molecule has 2 heterocycles. The summed E-state index contributed by atoms with van der Waals surface area (Å²) in [6.07, 6.45) is 0.170. The number of rotatable bonds is 5. The van der Waals surface area contributed by atoms with E-state index in [-0.39, 0.29) is 18.3 Å². The Bertz CT molecular complexity index is 848. The third-order valence-electron chi connectivity index (χ3n) is 3.70. The van der Waals surface area contributed by atoms with Gasteiger partial charge in [0.1, 0.15) is 18.1 Å². The molecule has 3 rings (SSSR count). The minimum Gasteiger partial charge on any atom is -0.486 e. The maximum absolute atomic E-state index is 12.4. The molecule has 0 saturated carbocycles. The molecular formula is C18H18BrNO5S. The van der Waals surface area contributed by atoms with Crippen molar-refractivity contribution in [2.24, 2.45) is 0 Å². The number of esters is 1. The van der Waals surface area contributed by atoms with Crippen molar-refractivity contribution in [3.63, 3.8) is 0 Å². The molecule has 0 spiro atoms. The van der Waals surface area contributed by atoms with Crippen molar-refractivity contribution in [1.29, 1.82) is 0 Å². The molecule has 1 aliphatic heterocycles. The summed E-state index contributed by atoms with van der Waals surface area (Å²) >= 11 is 4.68. The molecule has 0 aliphatic carbocycles. The van der Waals surface area contributed by atoms with Crippen LogP contribution in [0, 0.1) is 6.92 Å². The van der Waals surface area contributed by atoms with E-state index >= 15 is 0 Å². The lowest BCUT2D eigenvalue weighted by Crippen LogP contribution is -2.17. The Morgan fingerprint density at radius 3 is 2.62 bits per heavy atom. The lowest BCUT2D eigenvalue weighted by molar-refractivity contribution is -0.115. The minimum atomic E-state index is -0.370. The molecule has 1 aromatic carbocycles. The van der Waals surface area contributed by atoms with Crippen molar-refractivity contribution >= 4 is 44.1 Å². The molecular weight excluding hydrogens is 422 g/mol. The quantitative estimate of drug-likeness (QED) is 0.713. The first-order valence-electron chi connectivity index (χ1n) is 8.13. The summed E-state index contributed by atoms with van der Waals surface area (Å²) in [7, 11) is 0. The number of hydrogen-bond donors (Lipinski definition) is 1. The standard InChI is InChI=1S/C18H18BrNO5S/c1-3-23-18(22)17-10(2)6-16(26-17)20-15(21)8-11-7-13-14(9-12(11)19)25-5-4-24-13/h6-7,9H,3-5,8H2,1-2H3,(H,20,21). The van der Waals surface area contributed by atoms with Gasteiger partial charge in [0.2, 0.25) is 5.91 Å². The SMILES string of the molecule is CCOC(=O)c1sc(NC(=O)Cc2cc3c(cc2Br)OCCO3)cc1C. The Kier molecular flexibility index (Phi) is 5.83. The van der Waals surface area contributed by atoms with Crippen LogP contribution in [0.1, 0.15) is 27.7 Å². The average Bonchev–Trinajstić information content (AvgIpc) is 2.96. The highest BCUT2D eigenvalue weighted by Crippen LogP contribution is 2.36. The lowest BCUT2D eigenvalue weighted by Gasteiger charge is -2.19. The highest BCUT2D eigenvalue weighted by Gasteiger charge is 2.18. The maximum atomic E-state index is 12.4. The van der Waals surface area contributed by atoms with E-state index in [9.17, 15) is 9.59 Å². The van der Waals surface area contributed by atoms with Gasteiger partial charge in [-0.15, -0.1) is 11.3 Å². The maximum Gasteiger partial charge on any atom is 0.348 e. The molecule has 6 nitrogen and oxygen atoms in total. The molecule has 8 heteroatoms. The highest BCUT2D eigenvalue weighted by atomic mass is 79.9. The highest BCUT2D eigenvalue weighted by molar-refractivity contribution is 9.10. The van der Waals surface area contributed by atoms with Crippen LogP contribution >= 0.6 is 27.3 Å². The number of fused-ring (bicyclic) bond motifs is 1. The fourth-order valence-electron chi connectivity index (χ4n) is 2.54. The van der Waals surface area contributed by atoms with Crippen LogP contribution in [0.4, 0.5) is 5.00 Å². The fourth-order valence-corrected chi connectivity index (χ4v) is 3.98. The topological polar surface area (TPSA) is 73.9 Å². The number of benzene rings is 1. The fraction of sp³-hybridized carbons (Fsp3) is 0.333. The van der Waals surface area contributed by atoms with E-state index in [4.69, 9.17) is 14.2 Å². The van der Waals surface area contributed by atoms with Gasteiger partial charge in [-0.1, -0.05) is 15.9 Å². The molecule has 26 heavy (non-hydrogen) atoms. The van der Waals surface area contributed by atoms with E-state index in [0.717, 1.165) is 15.6 Å². The van der Waals surface area contributed by atoms with Gasteiger partial charge >= 0.3 is 5.97 Å². The molecule has 0 bridgehead atoms. The van der Waals surface area contributed by atoms with Gasteiger partial charge in [-0.2, -0.15) is 0 Å². The van der Waals surface area contributed by atoms with Gasteiger partial charge in [0.15, 0.2) is 11.5 Å². The number of carbonyl (C=O) groups is 2. The number of nitrogens with one attached hydrogen (secondary N) is 1. The second kappa shape index (κ2) is 8.09. The Morgan fingerprint density at radius 2 is 1.92 bits per heavy atom. The monoisotopic (exact) mass is 439 g/mol. The van der Waals surface area contributed by atoms with Gasteiger partial charge in [-0.05, 0) is 43.2 Å². The first-order chi connectivity index (χ1) is 12.5. The second-order valence-corrected chi connectivity index (χ2v) is 7.56. The lowest BCUT2D eigenvalue weighted by atomic mass is 10.1. The molecule has 0 unspecified atom stereocenters. The summed E-state index contributed by atoms with van der Waals surface area (Å²) in [6, 6.07) is 5.39. The van der Waals surface area contributed by atoms with E-state index in [1.807, 2.05) is 19.1 Å². The Balaban J connectivity index is 1.70. The third-order valence-corrected chi connectivity index (χ3v) is 5.57. The van der Waals surface area contributed by atoms with Gasteiger partial charge in [-0.25, -0.2) is 4.79 Å². The van der Waals surface area contributed by atoms with Gasteiger partial charge in [0.25, 0.3) is 0 Å². The first-order valence-corrected chi connectivity index (χ1v) is 9.74. The Morgan fingerprint density at radius 1 is 1.23 bits per heavy atom. The number of halogens is 1. The van der Waals surface area contributed by atoms with Crippen LogP contribution in [-0.2, 0) is 16.0 Å². The smallest absolute Gasteiger partial charge is 0.348 e. The molecule has 0 radical (unpaired) electrons. The average molecular weight is 440 g/mol. The molecule has 1 N–H and O–H groups in total. The van der Waals surface area contributed by atoms with Crippen LogP contribution in [0.25, 0.3) is 0 Å². The summed E-state index contributed by atoms with van der Waals surface area (Å²) in [5.74, 6) is 0.753. The number of hydrogen-bond acceptors (Lipinski definition) is 6. The zero-order chi connectivity index (χ0) is 18.7. The van der Waals surface area contributed by atoms with Crippen molar-refractivity contribution in [3.8, 4) is 11.5 Å². The summed E-state index contributed by atoms with van der Waals surface area (Å²) < 4.78 is 16.9. The summed E-state index contributed by atoms with van der Waals surface area (Å²) in [4.78, 5) is 24.8. The number of carbonyl (C=O) groups excluding carboxylic acids is 2. The van der Waals surface area contributed by atoms with Gasteiger partial charge < -0.3 is 19.5 Å². The molecule has 0 saturated heterocycles. The predicted octanol–water partition coefficient (Wildman–Crippen LogP) is 3.95. The van der Waals surface area contributed by atoms with Crippen LogP contribution < -0.4 is 14.8 Å². The number of amides is 1. The molecule has 138 valence electrons. The van der Waals surface area contributed by atoms with E-state index in [0.29, 0.717) is 41.2 Å². The second-order valence-electron chi connectivity index (χ2n) is 5.66. The minimum absolute atomic E-state index is 0.170. The van der Waals surface area contributed by atoms with Crippen molar-refractivity contribution in [3.05, 3.63) is 38.7 Å². The molecule has 1 amide bonds. The number of thiophene rings is 1. The summed E-state index contributed by atoms with van der Waals surface area (Å²) in [5.41, 5.74) is 1.58. The molecule has 0 atom stereocenters. The van der Waals surface area contributed by atoms with Crippen LogP contribution in [-0.4, -0.2) is 31.7 Å². The third kappa shape index (κ3) is 4.19. The molecule has 1 aliphatic rings. The van der Waals surface area contributed by atoms with Gasteiger partial charge in [0.05, 0.1) is 18.0 Å². The Labute approximate surface area is 163 Å². The van der Waals surface area contributed by atoms with Crippen LogP contribution in [0.2, 0.25) is 0 Å².